The summed E-state index contributed by atoms with van der Waals surface area (Å²) in [7, 11) is 0. The smallest absolute Gasteiger partial charge is 0.230 e. The summed E-state index contributed by atoms with van der Waals surface area (Å²) in [6.07, 6.45) is 2.80. The molecule has 1 aliphatic heterocycles. The van der Waals surface area contributed by atoms with Crippen LogP contribution in [0.1, 0.15) is 51.2 Å². The van der Waals surface area contributed by atoms with Gasteiger partial charge >= 0.3 is 0 Å². The molecule has 3 aromatic rings. The molecule has 1 heterocycles. The van der Waals surface area contributed by atoms with Crippen LogP contribution in [-0.4, -0.2) is 47.7 Å². The van der Waals surface area contributed by atoms with Gasteiger partial charge in [-0.3, -0.25) is 9.69 Å². The standard InChI is InChI=1S/C33H40N2O3/c1-24-23-35(17-18-38-30-15-8-5-9-16-30)28-20-27(21-33(24,22-28)26-13-10-14-29(36)19-26)34-31(37)32(2,3)25-11-6-4-7-12-25/h4-16,19,24,27-28,36H,17-18,20-23H2,1-3H3,(H,34,37)/t24-,27+,28+,33+/m0/s1. The molecule has 1 saturated heterocycles. The molecule has 1 amide bonds. The van der Waals surface area contributed by atoms with Crippen molar-refractivity contribution in [2.75, 3.05) is 19.7 Å². The van der Waals surface area contributed by atoms with Crippen molar-refractivity contribution in [3.63, 3.8) is 0 Å². The largest absolute Gasteiger partial charge is 0.508 e. The number of nitrogens with zero attached hydrogens (tertiary/aromatic N) is 1. The lowest BCUT2D eigenvalue weighted by atomic mass is 9.57. The summed E-state index contributed by atoms with van der Waals surface area (Å²) in [4.78, 5) is 16.2. The van der Waals surface area contributed by atoms with Crippen molar-refractivity contribution >= 4 is 5.91 Å². The highest BCUT2D eigenvalue weighted by Gasteiger charge is 2.51. The Labute approximate surface area is 226 Å². The maximum Gasteiger partial charge on any atom is 0.230 e. The summed E-state index contributed by atoms with van der Waals surface area (Å²) < 4.78 is 6.05. The Morgan fingerprint density at radius 2 is 1.74 bits per heavy atom. The Morgan fingerprint density at radius 1 is 1.03 bits per heavy atom. The summed E-state index contributed by atoms with van der Waals surface area (Å²) in [6.45, 7) is 8.77. The number of ether oxygens (including phenoxy) is 1. The minimum atomic E-state index is -0.624. The monoisotopic (exact) mass is 512 g/mol. The third-order valence-electron chi connectivity index (χ3n) is 8.95. The van der Waals surface area contributed by atoms with Gasteiger partial charge in [0.15, 0.2) is 0 Å². The first kappa shape index (κ1) is 26.3. The lowest BCUT2D eigenvalue weighted by molar-refractivity contribution is -0.127. The van der Waals surface area contributed by atoms with E-state index < -0.39 is 5.41 Å². The number of carbonyl (C=O) groups excluding carboxylic acids is 1. The highest BCUT2D eigenvalue weighted by Crippen LogP contribution is 2.50. The van der Waals surface area contributed by atoms with E-state index in [1.54, 1.807) is 6.07 Å². The van der Waals surface area contributed by atoms with E-state index in [9.17, 15) is 9.90 Å². The summed E-state index contributed by atoms with van der Waals surface area (Å²) in [5.74, 6) is 1.62. The van der Waals surface area contributed by atoms with Gasteiger partial charge in [0.2, 0.25) is 5.91 Å². The predicted molar refractivity (Wildman–Crippen MR) is 151 cm³/mol. The van der Waals surface area contributed by atoms with E-state index in [1.165, 1.54) is 5.56 Å². The first-order valence-corrected chi connectivity index (χ1v) is 13.9. The van der Waals surface area contributed by atoms with E-state index in [2.05, 4.69) is 23.2 Å². The number of aromatic hydroxyl groups is 1. The molecular formula is C33H40N2O3. The van der Waals surface area contributed by atoms with Crippen LogP contribution in [-0.2, 0) is 15.6 Å². The molecule has 1 aliphatic carbocycles. The van der Waals surface area contributed by atoms with E-state index in [0.717, 1.165) is 43.7 Å². The summed E-state index contributed by atoms with van der Waals surface area (Å²) in [5, 5.41) is 13.8. The van der Waals surface area contributed by atoms with Crippen molar-refractivity contribution in [2.45, 2.75) is 62.9 Å². The number of phenolic OH excluding ortho intramolecular Hbond substituents is 1. The van der Waals surface area contributed by atoms with Crippen LogP contribution in [0.3, 0.4) is 0 Å². The molecule has 0 spiro atoms. The topological polar surface area (TPSA) is 61.8 Å². The zero-order chi connectivity index (χ0) is 26.8. The Hall–Kier alpha value is -3.31. The number of likely N-dealkylation sites (tertiary alicyclic amines) is 1. The number of benzene rings is 3. The number of hydrogen-bond donors (Lipinski definition) is 2. The van der Waals surface area contributed by atoms with Gasteiger partial charge in [-0.05, 0) is 74.4 Å². The van der Waals surface area contributed by atoms with Crippen molar-refractivity contribution in [3.05, 3.63) is 96.1 Å². The van der Waals surface area contributed by atoms with E-state index in [4.69, 9.17) is 4.74 Å². The number of para-hydroxylation sites is 1. The normalized spacial score (nSPS) is 25.5. The zero-order valence-corrected chi connectivity index (χ0v) is 22.8. The van der Waals surface area contributed by atoms with E-state index >= 15 is 0 Å². The molecule has 200 valence electrons. The van der Waals surface area contributed by atoms with Crippen LogP contribution in [0.15, 0.2) is 84.9 Å². The molecule has 5 rings (SSSR count). The van der Waals surface area contributed by atoms with Crippen molar-refractivity contribution in [2.24, 2.45) is 5.92 Å². The molecule has 2 bridgehead atoms. The van der Waals surface area contributed by atoms with Crippen LogP contribution >= 0.6 is 0 Å². The molecule has 0 aromatic heterocycles. The predicted octanol–water partition coefficient (Wildman–Crippen LogP) is 5.68. The summed E-state index contributed by atoms with van der Waals surface area (Å²) in [6, 6.07) is 28.1. The molecule has 4 atom stereocenters. The quantitative estimate of drug-likeness (QED) is 0.408. The van der Waals surface area contributed by atoms with Gasteiger partial charge < -0.3 is 15.2 Å². The number of rotatable bonds is 8. The molecule has 3 aromatic carbocycles. The van der Waals surface area contributed by atoms with E-state index in [-0.39, 0.29) is 17.4 Å². The molecule has 2 N–H and O–H groups in total. The maximum atomic E-state index is 13.7. The number of piperidine rings is 1. The summed E-state index contributed by atoms with van der Waals surface area (Å²) in [5.41, 5.74) is 1.47. The van der Waals surface area contributed by atoms with Gasteiger partial charge in [-0.2, -0.15) is 0 Å². The fraction of sp³-hybridized carbons (Fsp3) is 0.424. The number of amides is 1. The fourth-order valence-corrected chi connectivity index (χ4v) is 6.66. The molecule has 0 radical (unpaired) electrons. The minimum Gasteiger partial charge on any atom is -0.508 e. The van der Waals surface area contributed by atoms with Gasteiger partial charge in [0.1, 0.15) is 18.1 Å². The lowest BCUT2D eigenvalue weighted by Crippen LogP contribution is -2.62. The van der Waals surface area contributed by atoms with Crippen LogP contribution < -0.4 is 10.1 Å². The average Bonchev–Trinajstić information content (AvgIpc) is 2.92. The number of phenols is 1. The Balaban J connectivity index is 1.37. The SMILES string of the molecule is C[C@H]1CN(CCOc2ccccc2)[C@@H]2C[C@@H](NC(=O)C(C)(C)c3ccccc3)C[C@@]1(c1cccc(O)c1)C2. The third kappa shape index (κ3) is 5.30. The van der Waals surface area contributed by atoms with Gasteiger partial charge in [-0.15, -0.1) is 0 Å². The molecule has 38 heavy (non-hydrogen) atoms. The molecule has 0 unspecified atom stereocenters. The highest BCUT2D eigenvalue weighted by atomic mass is 16.5. The number of hydrogen-bond acceptors (Lipinski definition) is 4. The van der Waals surface area contributed by atoms with Gasteiger partial charge in [0.25, 0.3) is 0 Å². The van der Waals surface area contributed by atoms with Gasteiger partial charge in [-0.25, -0.2) is 0 Å². The molecule has 5 heteroatoms. The van der Waals surface area contributed by atoms with Crippen molar-refractivity contribution in [3.8, 4) is 11.5 Å². The van der Waals surface area contributed by atoms with Crippen LogP contribution in [0.2, 0.25) is 0 Å². The molecule has 1 saturated carbocycles. The second-order valence-electron chi connectivity index (χ2n) is 11.7. The van der Waals surface area contributed by atoms with Crippen molar-refractivity contribution in [1.82, 2.24) is 10.2 Å². The second kappa shape index (κ2) is 10.8. The third-order valence-corrected chi connectivity index (χ3v) is 8.95. The Morgan fingerprint density at radius 3 is 2.45 bits per heavy atom. The Kier molecular flexibility index (Phi) is 7.49. The van der Waals surface area contributed by atoms with Gasteiger partial charge in [-0.1, -0.05) is 67.6 Å². The number of carbonyl (C=O) groups is 1. The van der Waals surface area contributed by atoms with Gasteiger partial charge in [0, 0.05) is 30.6 Å². The fourth-order valence-electron chi connectivity index (χ4n) is 6.66. The molecule has 2 fully saturated rings. The summed E-state index contributed by atoms with van der Waals surface area (Å²) >= 11 is 0. The second-order valence-corrected chi connectivity index (χ2v) is 11.7. The van der Waals surface area contributed by atoms with E-state index in [0.29, 0.717) is 24.3 Å². The van der Waals surface area contributed by atoms with Crippen molar-refractivity contribution in [1.29, 1.82) is 0 Å². The van der Waals surface area contributed by atoms with Crippen molar-refractivity contribution < 1.29 is 14.6 Å². The maximum absolute atomic E-state index is 13.7. The first-order chi connectivity index (χ1) is 18.3. The molecule has 2 aliphatic rings. The van der Waals surface area contributed by atoms with E-state index in [1.807, 2.05) is 86.6 Å². The highest BCUT2D eigenvalue weighted by molar-refractivity contribution is 5.87. The number of nitrogens with one attached hydrogen (secondary N) is 1. The first-order valence-electron chi connectivity index (χ1n) is 13.9. The minimum absolute atomic E-state index is 0.0480. The van der Waals surface area contributed by atoms with Crippen LogP contribution in [0.25, 0.3) is 0 Å². The Bertz CT molecular complexity index is 1230. The average molecular weight is 513 g/mol. The van der Waals surface area contributed by atoms with Crippen LogP contribution in [0, 0.1) is 5.92 Å². The zero-order valence-electron chi connectivity index (χ0n) is 22.8. The van der Waals surface area contributed by atoms with Crippen LogP contribution in [0.4, 0.5) is 0 Å². The van der Waals surface area contributed by atoms with Gasteiger partial charge in [0.05, 0.1) is 5.41 Å². The van der Waals surface area contributed by atoms with Crippen LogP contribution in [0.5, 0.6) is 11.5 Å². The molecular weight excluding hydrogens is 472 g/mol. The lowest BCUT2D eigenvalue weighted by Gasteiger charge is -2.56. The molecule has 5 nitrogen and oxygen atoms in total. The number of fused-ring (bicyclic) bond motifs is 2.